The molecule has 1 aromatic heterocycles. The fourth-order valence-corrected chi connectivity index (χ4v) is 3.29. The molecule has 21 heavy (non-hydrogen) atoms. The Hall–Kier alpha value is -1.61. The average Bonchev–Trinajstić information content (AvgIpc) is 2.88. The second-order valence-electron chi connectivity index (χ2n) is 5.79. The van der Waals surface area contributed by atoms with Crippen molar-refractivity contribution in [3.63, 3.8) is 0 Å². The van der Waals surface area contributed by atoms with Crippen LogP contribution in [0.5, 0.6) is 0 Å². The Balaban J connectivity index is 2.03. The molecule has 1 aromatic carbocycles. The Morgan fingerprint density at radius 2 is 2.00 bits per heavy atom. The molecule has 2 nitrogen and oxygen atoms in total. The molecule has 0 saturated heterocycles. The number of nitrogens with zero attached hydrogens (tertiary/aromatic N) is 2. The molecule has 0 bridgehead atoms. The van der Waals surface area contributed by atoms with Crippen LogP contribution < -0.4 is 0 Å². The van der Waals surface area contributed by atoms with Gasteiger partial charge < -0.3 is 4.57 Å². The molecule has 3 rings (SSSR count). The summed E-state index contributed by atoms with van der Waals surface area (Å²) in [7, 11) is 0. The van der Waals surface area contributed by atoms with Crippen molar-refractivity contribution in [2.24, 2.45) is 0 Å². The van der Waals surface area contributed by atoms with Crippen LogP contribution in [0.4, 0.5) is 4.39 Å². The quantitative estimate of drug-likeness (QED) is 0.817. The lowest BCUT2D eigenvalue weighted by Gasteiger charge is -2.30. The Morgan fingerprint density at radius 1 is 1.14 bits per heavy atom. The van der Waals surface area contributed by atoms with Crippen molar-refractivity contribution in [3.8, 4) is 0 Å². The highest BCUT2D eigenvalue weighted by Crippen LogP contribution is 2.33. The molecule has 2 heterocycles. The van der Waals surface area contributed by atoms with E-state index >= 15 is 0 Å². The largest absolute Gasteiger partial charge is 0.350 e. The third-order valence-electron chi connectivity index (χ3n) is 4.35. The molecule has 3 heteroatoms. The Morgan fingerprint density at radius 3 is 2.81 bits per heavy atom. The van der Waals surface area contributed by atoms with E-state index in [-0.39, 0.29) is 11.9 Å². The fraction of sp³-hybridized carbons (Fsp3) is 0.444. The second kappa shape index (κ2) is 6.44. The monoisotopic (exact) mass is 286 g/mol. The average molecular weight is 286 g/mol. The van der Waals surface area contributed by atoms with E-state index in [0.29, 0.717) is 0 Å². The van der Waals surface area contributed by atoms with E-state index in [4.69, 9.17) is 0 Å². The van der Waals surface area contributed by atoms with Gasteiger partial charge in [0, 0.05) is 30.5 Å². The lowest BCUT2D eigenvalue weighted by atomic mass is 10.0. The van der Waals surface area contributed by atoms with E-state index in [1.165, 1.54) is 12.1 Å². The summed E-state index contributed by atoms with van der Waals surface area (Å²) in [5.74, 6) is -0.0985. The maximum atomic E-state index is 14.4. The van der Waals surface area contributed by atoms with Gasteiger partial charge in [0.2, 0.25) is 0 Å². The van der Waals surface area contributed by atoms with Gasteiger partial charge >= 0.3 is 0 Å². The minimum atomic E-state index is -0.0985. The van der Waals surface area contributed by atoms with Crippen molar-refractivity contribution in [2.75, 3.05) is 13.1 Å². The van der Waals surface area contributed by atoms with Crippen LogP contribution in [0.25, 0.3) is 0 Å². The highest BCUT2D eigenvalue weighted by Gasteiger charge is 2.28. The molecule has 112 valence electrons. The van der Waals surface area contributed by atoms with Gasteiger partial charge in [-0.25, -0.2) is 4.39 Å². The van der Waals surface area contributed by atoms with Crippen LogP contribution >= 0.6 is 0 Å². The first kappa shape index (κ1) is 14.3. The first-order chi connectivity index (χ1) is 10.3. The van der Waals surface area contributed by atoms with E-state index in [2.05, 4.69) is 34.7 Å². The van der Waals surface area contributed by atoms with Crippen LogP contribution in [0.1, 0.15) is 43.5 Å². The van der Waals surface area contributed by atoms with Gasteiger partial charge in [0.05, 0.1) is 6.04 Å². The molecule has 1 unspecified atom stereocenters. The molecule has 0 N–H and O–H groups in total. The summed E-state index contributed by atoms with van der Waals surface area (Å²) in [4.78, 5) is 2.45. The fourth-order valence-electron chi connectivity index (χ4n) is 3.29. The number of fused-ring (bicyclic) bond motifs is 1. The number of halogens is 1. The van der Waals surface area contributed by atoms with Crippen molar-refractivity contribution in [1.29, 1.82) is 0 Å². The predicted octanol–water partition coefficient (Wildman–Crippen LogP) is 4.22. The lowest BCUT2D eigenvalue weighted by molar-refractivity contribution is 0.222. The Kier molecular flexibility index (Phi) is 4.39. The molecule has 0 radical (unpaired) electrons. The zero-order valence-corrected chi connectivity index (χ0v) is 12.6. The van der Waals surface area contributed by atoms with E-state index < -0.39 is 0 Å². The van der Waals surface area contributed by atoms with Crippen LogP contribution in [0.3, 0.4) is 0 Å². The smallest absolute Gasteiger partial charge is 0.128 e. The summed E-state index contributed by atoms with van der Waals surface area (Å²) >= 11 is 0. The number of rotatable bonds is 4. The third-order valence-corrected chi connectivity index (χ3v) is 4.35. The molecule has 0 fully saturated rings. The van der Waals surface area contributed by atoms with Crippen LogP contribution in [0.15, 0.2) is 42.6 Å². The molecule has 1 atom stereocenters. The molecule has 1 aliphatic rings. The summed E-state index contributed by atoms with van der Waals surface area (Å²) in [6, 6.07) is 11.5. The maximum absolute atomic E-state index is 14.4. The number of hydrogen-bond acceptors (Lipinski definition) is 1. The van der Waals surface area contributed by atoms with Gasteiger partial charge in [-0.15, -0.1) is 0 Å². The van der Waals surface area contributed by atoms with Gasteiger partial charge in [-0.3, -0.25) is 4.90 Å². The van der Waals surface area contributed by atoms with Crippen molar-refractivity contribution >= 4 is 0 Å². The minimum Gasteiger partial charge on any atom is -0.350 e. The lowest BCUT2D eigenvalue weighted by Crippen LogP contribution is -2.31. The second-order valence-corrected chi connectivity index (χ2v) is 5.79. The highest BCUT2D eigenvalue weighted by molar-refractivity contribution is 5.30. The zero-order valence-electron chi connectivity index (χ0n) is 12.6. The van der Waals surface area contributed by atoms with Crippen molar-refractivity contribution in [3.05, 3.63) is 59.7 Å². The van der Waals surface area contributed by atoms with Crippen LogP contribution in [0.2, 0.25) is 0 Å². The number of hydrogen-bond donors (Lipinski definition) is 0. The summed E-state index contributed by atoms with van der Waals surface area (Å²) in [5.41, 5.74) is 2.02. The van der Waals surface area contributed by atoms with Gasteiger partial charge in [-0.1, -0.05) is 31.5 Å². The van der Waals surface area contributed by atoms with E-state index in [1.54, 1.807) is 12.1 Å². The van der Waals surface area contributed by atoms with Gasteiger partial charge in [-0.05, 0) is 37.6 Å². The maximum Gasteiger partial charge on any atom is 0.128 e. The SMILES string of the molecule is CCCCN1CCCn2cccc2C1c1ccccc1F. The molecule has 0 saturated carbocycles. The van der Waals surface area contributed by atoms with E-state index in [1.807, 2.05) is 12.1 Å². The van der Waals surface area contributed by atoms with Crippen molar-refractivity contribution < 1.29 is 4.39 Å². The minimum absolute atomic E-state index is 0.0373. The molecule has 2 aromatic rings. The van der Waals surface area contributed by atoms with Crippen LogP contribution in [-0.4, -0.2) is 22.6 Å². The molecule has 0 amide bonds. The van der Waals surface area contributed by atoms with E-state index in [0.717, 1.165) is 38.0 Å². The number of unbranched alkanes of at least 4 members (excludes halogenated alkanes) is 1. The molecular weight excluding hydrogens is 263 g/mol. The van der Waals surface area contributed by atoms with Gasteiger partial charge in [0.25, 0.3) is 0 Å². The van der Waals surface area contributed by atoms with Crippen molar-refractivity contribution in [2.45, 2.75) is 38.8 Å². The summed E-state index contributed by atoms with van der Waals surface area (Å²) in [5, 5.41) is 0. The third kappa shape index (κ3) is 2.88. The van der Waals surface area contributed by atoms with Gasteiger partial charge in [-0.2, -0.15) is 0 Å². The Bertz CT molecular complexity index is 590. The van der Waals surface area contributed by atoms with E-state index in [9.17, 15) is 4.39 Å². The molecule has 0 spiro atoms. The summed E-state index contributed by atoms with van der Waals surface area (Å²) < 4.78 is 16.6. The molecule has 0 aliphatic carbocycles. The zero-order chi connectivity index (χ0) is 14.7. The van der Waals surface area contributed by atoms with Crippen LogP contribution in [0, 0.1) is 5.82 Å². The van der Waals surface area contributed by atoms with Crippen molar-refractivity contribution in [1.82, 2.24) is 9.47 Å². The number of aromatic nitrogens is 1. The Labute approximate surface area is 126 Å². The topological polar surface area (TPSA) is 8.17 Å². The first-order valence-corrected chi connectivity index (χ1v) is 7.94. The molecular formula is C18H23FN2. The highest BCUT2D eigenvalue weighted by atomic mass is 19.1. The van der Waals surface area contributed by atoms with Gasteiger partial charge in [0.1, 0.15) is 5.82 Å². The van der Waals surface area contributed by atoms with Crippen LogP contribution in [-0.2, 0) is 6.54 Å². The number of aryl methyl sites for hydroxylation is 1. The summed E-state index contributed by atoms with van der Waals surface area (Å²) in [6.07, 6.45) is 5.57. The summed E-state index contributed by atoms with van der Waals surface area (Å²) in [6.45, 7) is 5.29. The van der Waals surface area contributed by atoms with Gasteiger partial charge in [0.15, 0.2) is 0 Å². The predicted molar refractivity (Wildman–Crippen MR) is 83.8 cm³/mol. The standard InChI is InChI=1S/C18H23FN2/c1-2-3-11-21-14-7-13-20-12-6-10-17(20)18(21)15-8-4-5-9-16(15)19/h4-6,8-10,12,18H,2-3,7,11,13-14H2,1H3. The molecule has 1 aliphatic heterocycles. The first-order valence-electron chi connectivity index (χ1n) is 7.94. The number of benzene rings is 1. The normalized spacial score (nSPS) is 19.2.